The molecule has 0 saturated heterocycles. The number of nitrogens with zero attached hydrogens (tertiary/aromatic N) is 1. The monoisotopic (exact) mass is 306 g/mol. The summed E-state index contributed by atoms with van der Waals surface area (Å²) in [5.41, 5.74) is 0.202. The molecule has 6 heteroatoms. The fraction of sp³-hybridized carbons (Fsp3) is 0.0667. The molecule has 0 aliphatic carbocycles. The number of halogens is 3. The summed E-state index contributed by atoms with van der Waals surface area (Å²) in [7, 11) is 0. The first-order valence-electron chi connectivity index (χ1n) is 6.10. The first kappa shape index (κ1) is 13.8. The molecule has 21 heavy (non-hydrogen) atoms. The van der Waals surface area contributed by atoms with E-state index in [4.69, 9.17) is 12.2 Å². The Morgan fingerprint density at radius 1 is 1.10 bits per heavy atom. The summed E-state index contributed by atoms with van der Waals surface area (Å²) >= 11 is 4.91. The molecule has 0 fully saturated rings. The van der Waals surface area contributed by atoms with Gasteiger partial charge in [-0.15, -0.1) is 0 Å². The van der Waals surface area contributed by atoms with Gasteiger partial charge in [0.05, 0.1) is 5.56 Å². The molecule has 2 heterocycles. The van der Waals surface area contributed by atoms with Crippen molar-refractivity contribution in [2.24, 2.45) is 0 Å². The third-order valence-corrected chi connectivity index (χ3v) is 3.37. The van der Waals surface area contributed by atoms with E-state index in [1.165, 1.54) is 0 Å². The number of H-pyrrole nitrogens is 1. The van der Waals surface area contributed by atoms with Gasteiger partial charge in [-0.3, -0.25) is 4.98 Å². The summed E-state index contributed by atoms with van der Waals surface area (Å²) in [6, 6.07) is 9.20. The quantitative estimate of drug-likeness (QED) is 0.642. The average molecular weight is 306 g/mol. The van der Waals surface area contributed by atoms with Crippen molar-refractivity contribution in [2.75, 3.05) is 0 Å². The van der Waals surface area contributed by atoms with Gasteiger partial charge in [-0.05, 0) is 23.6 Å². The highest BCUT2D eigenvalue weighted by Gasteiger charge is 2.31. The minimum absolute atomic E-state index is 0.0423. The molecule has 106 valence electrons. The lowest BCUT2D eigenvalue weighted by atomic mass is 10.0. The highest BCUT2D eigenvalue weighted by Crippen LogP contribution is 2.33. The van der Waals surface area contributed by atoms with Crippen molar-refractivity contribution in [3.63, 3.8) is 0 Å². The maximum absolute atomic E-state index is 12.9. The first-order valence-corrected chi connectivity index (χ1v) is 6.51. The fourth-order valence-corrected chi connectivity index (χ4v) is 2.44. The van der Waals surface area contributed by atoms with E-state index in [1.807, 2.05) is 6.07 Å². The van der Waals surface area contributed by atoms with Crippen LogP contribution in [0.3, 0.4) is 0 Å². The van der Waals surface area contributed by atoms with Gasteiger partial charge >= 0.3 is 6.18 Å². The van der Waals surface area contributed by atoms with Gasteiger partial charge in [0, 0.05) is 29.0 Å². The first-order chi connectivity index (χ1) is 9.95. The van der Waals surface area contributed by atoms with E-state index in [1.54, 1.807) is 30.6 Å². The van der Waals surface area contributed by atoms with E-state index in [0.29, 0.717) is 11.3 Å². The number of fused-ring (bicyclic) bond motifs is 1. The third kappa shape index (κ3) is 2.67. The largest absolute Gasteiger partial charge is 0.416 e. The summed E-state index contributed by atoms with van der Waals surface area (Å²) in [4.78, 5) is 6.85. The molecule has 0 atom stereocenters. The lowest BCUT2D eigenvalue weighted by Gasteiger charge is -2.11. The molecule has 0 aliphatic rings. The van der Waals surface area contributed by atoms with Gasteiger partial charge < -0.3 is 4.98 Å². The molecule has 3 aromatic rings. The summed E-state index contributed by atoms with van der Waals surface area (Å²) in [5.74, 6) is 0. The topological polar surface area (TPSA) is 28.7 Å². The van der Waals surface area contributed by atoms with Crippen LogP contribution in [0.2, 0.25) is 0 Å². The van der Waals surface area contributed by atoms with Crippen LogP contribution in [0, 0.1) is 4.64 Å². The van der Waals surface area contributed by atoms with Gasteiger partial charge in [0.25, 0.3) is 0 Å². The minimum atomic E-state index is -4.43. The van der Waals surface area contributed by atoms with Gasteiger partial charge in [0.2, 0.25) is 0 Å². The second-order valence-electron chi connectivity index (χ2n) is 4.55. The Balaban J connectivity index is 2.29. The molecule has 0 radical (unpaired) electrons. The van der Waals surface area contributed by atoms with E-state index in [-0.39, 0.29) is 4.64 Å². The number of pyridine rings is 2. The van der Waals surface area contributed by atoms with Crippen molar-refractivity contribution < 1.29 is 13.2 Å². The van der Waals surface area contributed by atoms with Crippen molar-refractivity contribution in [2.45, 2.75) is 6.18 Å². The van der Waals surface area contributed by atoms with Crippen LogP contribution in [0.4, 0.5) is 13.2 Å². The molecule has 0 unspecified atom stereocenters. The van der Waals surface area contributed by atoms with Crippen LogP contribution in [-0.4, -0.2) is 9.97 Å². The van der Waals surface area contributed by atoms with Gasteiger partial charge in [-0.1, -0.05) is 30.4 Å². The third-order valence-electron chi connectivity index (χ3n) is 3.15. The molecular formula is C15H9F3N2S. The van der Waals surface area contributed by atoms with Crippen molar-refractivity contribution in [3.8, 4) is 11.3 Å². The van der Waals surface area contributed by atoms with E-state index in [0.717, 1.165) is 22.9 Å². The van der Waals surface area contributed by atoms with Crippen LogP contribution in [0.15, 0.2) is 48.8 Å². The lowest BCUT2D eigenvalue weighted by molar-refractivity contribution is -0.137. The predicted octanol–water partition coefficient (Wildman–Crippen LogP) is 4.98. The highest BCUT2D eigenvalue weighted by atomic mass is 32.1. The molecule has 1 N–H and O–H groups in total. The summed E-state index contributed by atoms with van der Waals surface area (Å²) in [5, 5.41) is 1.67. The lowest BCUT2D eigenvalue weighted by Crippen LogP contribution is -2.05. The number of hydrogen-bond donors (Lipinski definition) is 1. The predicted molar refractivity (Wildman–Crippen MR) is 77.4 cm³/mol. The van der Waals surface area contributed by atoms with Crippen molar-refractivity contribution >= 4 is 23.0 Å². The number of alkyl halides is 3. The molecule has 0 bridgehead atoms. The minimum Gasteiger partial charge on any atom is -0.346 e. The van der Waals surface area contributed by atoms with E-state index < -0.39 is 11.7 Å². The smallest absolute Gasteiger partial charge is 0.346 e. The molecular weight excluding hydrogens is 297 g/mol. The van der Waals surface area contributed by atoms with Crippen LogP contribution >= 0.6 is 12.2 Å². The summed E-state index contributed by atoms with van der Waals surface area (Å²) < 4.78 is 38.8. The molecule has 0 aliphatic heterocycles. The van der Waals surface area contributed by atoms with Crippen molar-refractivity contribution in [1.82, 2.24) is 9.97 Å². The van der Waals surface area contributed by atoms with Gasteiger partial charge in [-0.2, -0.15) is 13.2 Å². The van der Waals surface area contributed by atoms with Gasteiger partial charge in [0.1, 0.15) is 4.64 Å². The molecule has 3 rings (SSSR count). The molecule has 2 nitrogen and oxygen atoms in total. The summed E-state index contributed by atoms with van der Waals surface area (Å²) in [6.45, 7) is 0. The van der Waals surface area contributed by atoms with Crippen molar-refractivity contribution in [1.29, 1.82) is 0 Å². The molecule has 1 aromatic carbocycles. The highest BCUT2D eigenvalue weighted by molar-refractivity contribution is 7.71. The Morgan fingerprint density at radius 3 is 2.67 bits per heavy atom. The Hall–Kier alpha value is -2.21. The second kappa shape index (κ2) is 4.96. The normalized spacial score (nSPS) is 11.8. The second-order valence-corrected chi connectivity index (χ2v) is 4.99. The fourth-order valence-electron chi connectivity index (χ4n) is 2.20. The average Bonchev–Trinajstić information content (AvgIpc) is 2.45. The van der Waals surface area contributed by atoms with Crippen molar-refractivity contribution in [3.05, 3.63) is 59.0 Å². The Morgan fingerprint density at radius 2 is 1.90 bits per heavy atom. The number of benzene rings is 1. The molecule has 0 saturated carbocycles. The molecule has 0 amide bonds. The zero-order chi connectivity index (χ0) is 15.0. The Bertz CT molecular complexity index is 863. The standard InChI is InChI=1S/C15H9F3N2S/c16-15(17,18)10-6-13(20-14(21)7-10)11-3-1-2-9-4-5-19-8-12(9)11/h1-8H,(H,20,21). The van der Waals surface area contributed by atoms with Crippen LogP contribution < -0.4 is 0 Å². The van der Waals surface area contributed by atoms with Gasteiger partial charge in [-0.25, -0.2) is 0 Å². The zero-order valence-electron chi connectivity index (χ0n) is 10.6. The number of rotatable bonds is 1. The molecule has 0 spiro atoms. The van der Waals surface area contributed by atoms with Gasteiger partial charge in [0.15, 0.2) is 0 Å². The number of aromatic nitrogens is 2. The van der Waals surface area contributed by atoms with Crippen LogP contribution in [0.1, 0.15) is 5.56 Å². The van der Waals surface area contributed by atoms with Crippen LogP contribution in [0.25, 0.3) is 22.0 Å². The van der Waals surface area contributed by atoms with E-state index in [2.05, 4.69) is 9.97 Å². The number of hydrogen-bond acceptors (Lipinski definition) is 2. The summed E-state index contributed by atoms with van der Waals surface area (Å²) in [6.07, 6.45) is -1.16. The van der Waals surface area contributed by atoms with Crippen LogP contribution in [-0.2, 0) is 6.18 Å². The number of nitrogens with one attached hydrogen (secondary N) is 1. The van der Waals surface area contributed by atoms with Crippen LogP contribution in [0.5, 0.6) is 0 Å². The number of aromatic amines is 1. The Labute approximate surface area is 123 Å². The van der Waals surface area contributed by atoms with E-state index in [9.17, 15) is 13.2 Å². The zero-order valence-corrected chi connectivity index (χ0v) is 11.4. The SMILES string of the molecule is FC(F)(F)c1cc(-c2cccc3ccncc23)[nH]c(=S)c1. The Kier molecular flexibility index (Phi) is 3.25. The maximum Gasteiger partial charge on any atom is 0.416 e. The van der Waals surface area contributed by atoms with E-state index >= 15 is 0 Å². The molecule has 2 aromatic heterocycles. The maximum atomic E-state index is 12.9.